The average molecular weight is 333 g/mol. The summed E-state index contributed by atoms with van der Waals surface area (Å²) in [7, 11) is 0. The Morgan fingerprint density at radius 3 is 2.62 bits per heavy atom. The highest BCUT2D eigenvalue weighted by molar-refractivity contribution is 8.22. The number of hydrogen-bond acceptors (Lipinski definition) is 6. The van der Waals surface area contributed by atoms with Crippen molar-refractivity contribution < 1.29 is 19.1 Å². The van der Waals surface area contributed by atoms with Crippen molar-refractivity contribution >= 4 is 40.2 Å². The Morgan fingerprint density at radius 1 is 1.29 bits per heavy atom. The first-order chi connectivity index (χ1) is 9.97. The number of hydrogen-bond donors (Lipinski definition) is 1. The number of thioether (sulfide) groups is 1. The van der Waals surface area contributed by atoms with Gasteiger partial charge in [-0.3, -0.25) is 4.79 Å². The number of ether oxygens (including phenoxy) is 2. The maximum Gasteiger partial charge on any atom is 0.333 e. The molecule has 0 saturated heterocycles. The van der Waals surface area contributed by atoms with Crippen molar-refractivity contribution in [2.45, 2.75) is 33.1 Å². The Balaban J connectivity index is 3.52. The molecular formula is C14H23NO4S2. The predicted octanol–water partition coefficient (Wildman–Crippen LogP) is 2.45. The van der Waals surface area contributed by atoms with Gasteiger partial charge in [-0.25, -0.2) is 4.79 Å². The van der Waals surface area contributed by atoms with Crippen molar-refractivity contribution in [1.29, 1.82) is 0 Å². The standard InChI is InChI=1S/C14H23NO4S2/c1-4-5-8-18-12(16)6-10-21-14(20)15-7-9-19-13(17)11(2)3/h2,4-10H2,1,3H3,(H,15,20). The van der Waals surface area contributed by atoms with E-state index in [0.29, 0.717) is 35.2 Å². The molecule has 0 aliphatic rings. The molecule has 0 aliphatic heterocycles. The highest BCUT2D eigenvalue weighted by Crippen LogP contribution is 2.05. The Labute approximate surface area is 135 Å². The average Bonchev–Trinajstić information content (AvgIpc) is 2.43. The second-order valence-electron chi connectivity index (χ2n) is 4.30. The largest absolute Gasteiger partial charge is 0.466 e. The third kappa shape index (κ3) is 12.4. The van der Waals surface area contributed by atoms with Crippen LogP contribution in [0.5, 0.6) is 0 Å². The van der Waals surface area contributed by atoms with Crippen molar-refractivity contribution in [2.75, 3.05) is 25.5 Å². The summed E-state index contributed by atoms with van der Waals surface area (Å²) in [4.78, 5) is 22.4. The zero-order valence-corrected chi connectivity index (χ0v) is 14.2. The number of carbonyl (C=O) groups excluding carboxylic acids is 2. The summed E-state index contributed by atoms with van der Waals surface area (Å²) in [6, 6.07) is 0. The van der Waals surface area contributed by atoms with E-state index in [9.17, 15) is 9.59 Å². The summed E-state index contributed by atoms with van der Waals surface area (Å²) < 4.78 is 10.5. The van der Waals surface area contributed by atoms with Crippen LogP contribution in [0.3, 0.4) is 0 Å². The summed E-state index contributed by atoms with van der Waals surface area (Å²) in [5.74, 6) is -0.0400. The molecular weight excluding hydrogens is 310 g/mol. The molecule has 0 aromatic rings. The lowest BCUT2D eigenvalue weighted by Gasteiger charge is -2.08. The molecule has 5 nitrogen and oxygen atoms in total. The van der Waals surface area contributed by atoms with E-state index in [-0.39, 0.29) is 12.6 Å². The molecule has 0 atom stereocenters. The molecule has 0 rings (SSSR count). The molecule has 0 aliphatic carbocycles. The molecule has 120 valence electrons. The second kappa shape index (κ2) is 12.6. The van der Waals surface area contributed by atoms with E-state index in [0.717, 1.165) is 12.8 Å². The van der Waals surface area contributed by atoms with Gasteiger partial charge in [-0.15, -0.1) is 0 Å². The Morgan fingerprint density at radius 2 is 2.00 bits per heavy atom. The quantitative estimate of drug-likeness (QED) is 0.285. The van der Waals surface area contributed by atoms with Gasteiger partial charge >= 0.3 is 11.9 Å². The Kier molecular flexibility index (Phi) is 12.0. The van der Waals surface area contributed by atoms with Gasteiger partial charge in [0.2, 0.25) is 0 Å². The summed E-state index contributed by atoms with van der Waals surface area (Å²) in [5.41, 5.74) is 0.369. The zero-order chi connectivity index (χ0) is 16.1. The molecule has 0 unspecified atom stereocenters. The highest BCUT2D eigenvalue weighted by atomic mass is 32.2. The summed E-state index contributed by atoms with van der Waals surface area (Å²) >= 11 is 6.46. The lowest BCUT2D eigenvalue weighted by molar-refractivity contribution is -0.143. The lowest BCUT2D eigenvalue weighted by Crippen LogP contribution is -2.25. The molecule has 0 amide bonds. The molecule has 0 bridgehead atoms. The molecule has 0 radical (unpaired) electrons. The van der Waals surface area contributed by atoms with E-state index >= 15 is 0 Å². The molecule has 0 spiro atoms. The molecule has 0 aromatic heterocycles. The van der Waals surface area contributed by atoms with Gasteiger partial charge in [0, 0.05) is 11.3 Å². The fourth-order valence-electron chi connectivity index (χ4n) is 1.10. The third-order valence-corrected chi connectivity index (χ3v) is 3.57. The van der Waals surface area contributed by atoms with Crippen LogP contribution in [-0.2, 0) is 19.1 Å². The van der Waals surface area contributed by atoms with Crippen LogP contribution in [-0.4, -0.2) is 41.8 Å². The molecule has 0 fully saturated rings. The summed E-state index contributed by atoms with van der Waals surface area (Å²) in [5, 5.41) is 2.94. The maximum absolute atomic E-state index is 11.3. The minimum absolute atomic E-state index is 0.200. The van der Waals surface area contributed by atoms with Crippen molar-refractivity contribution in [2.24, 2.45) is 0 Å². The first-order valence-corrected chi connectivity index (χ1v) is 8.25. The molecule has 21 heavy (non-hydrogen) atoms. The van der Waals surface area contributed by atoms with Crippen LogP contribution in [0, 0.1) is 0 Å². The van der Waals surface area contributed by atoms with Gasteiger partial charge in [-0.2, -0.15) is 0 Å². The molecule has 0 heterocycles. The normalized spacial score (nSPS) is 9.81. The van der Waals surface area contributed by atoms with Gasteiger partial charge < -0.3 is 14.8 Å². The van der Waals surface area contributed by atoms with Gasteiger partial charge in [0.05, 0.1) is 19.6 Å². The Hall–Kier alpha value is -1.08. The summed E-state index contributed by atoms with van der Waals surface area (Å²) in [6.07, 6.45) is 2.23. The van der Waals surface area contributed by atoms with Crippen molar-refractivity contribution in [3.8, 4) is 0 Å². The minimum Gasteiger partial charge on any atom is -0.466 e. The third-order valence-electron chi connectivity index (χ3n) is 2.25. The number of esters is 2. The van der Waals surface area contributed by atoms with Crippen molar-refractivity contribution in [3.63, 3.8) is 0 Å². The van der Waals surface area contributed by atoms with E-state index < -0.39 is 5.97 Å². The molecule has 7 heteroatoms. The van der Waals surface area contributed by atoms with Crippen LogP contribution in [0.15, 0.2) is 12.2 Å². The first kappa shape index (κ1) is 19.9. The molecule has 0 aromatic carbocycles. The number of nitrogens with one attached hydrogen (secondary N) is 1. The van der Waals surface area contributed by atoms with Crippen molar-refractivity contribution in [1.82, 2.24) is 5.32 Å². The molecule has 0 saturated carbocycles. The van der Waals surface area contributed by atoms with Gasteiger partial charge in [0.25, 0.3) is 0 Å². The smallest absolute Gasteiger partial charge is 0.333 e. The van der Waals surface area contributed by atoms with E-state index in [4.69, 9.17) is 21.7 Å². The van der Waals surface area contributed by atoms with Crippen LogP contribution in [0.2, 0.25) is 0 Å². The monoisotopic (exact) mass is 333 g/mol. The Bertz CT molecular complexity index is 372. The van der Waals surface area contributed by atoms with E-state index in [2.05, 4.69) is 11.9 Å². The molecule has 1 N–H and O–H groups in total. The number of thiocarbonyl (C=S) groups is 1. The van der Waals surface area contributed by atoms with Crippen LogP contribution in [0.25, 0.3) is 0 Å². The number of unbranched alkanes of at least 4 members (excludes halogenated alkanes) is 1. The maximum atomic E-state index is 11.3. The zero-order valence-electron chi connectivity index (χ0n) is 12.6. The number of rotatable bonds is 10. The summed E-state index contributed by atoms with van der Waals surface area (Å²) in [6.45, 7) is 8.27. The topological polar surface area (TPSA) is 64.6 Å². The first-order valence-electron chi connectivity index (χ1n) is 6.86. The van der Waals surface area contributed by atoms with Gasteiger partial charge in [-0.1, -0.05) is 43.9 Å². The minimum atomic E-state index is -0.412. The van der Waals surface area contributed by atoms with E-state index in [1.54, 1.807) is 6.92 Å². The lowest BCUT2D eigenvalue weighted by atomic mass is 10.4. The van der Waals surface area contributed by atoms with Crippen molar-refractivity contribution in [3.05, 3.63) is 12.2 Å². The van der Waals surface area contributed by atoms with E-state index in [1.165, 1.54) is 11.8 Å². The number of carbonyl (C=O) groups is 2. The predicted molar refractivity (Wildman–Crippen MR) is 89.3 cm³/mol. The van der Waals surface area contributed by atoms with Crippen LogP contribution < -0.4 is 5.32 Å². The van der Waals surface area contributed by atoms with Crippen LogP contribution >= 0.6 is 24.0 Å². The fourth-order valence-corrected chi connectivity index (χ4v) is 2.11. The van der Waals surface area contributed by atoms with Gasteiger partial charge in [0.15, 0.2) is 0 Å². The van der Waals surface area contributed by atoms with Gasteiger partial charge in [0.1, 0.15) is 10.9 Å². The van der Waals surface area contributed by atoms with Crippen LogP contribution in [0.1, 0.15) is 33.1 Å². The highest BCUT2D eigenvalue weighted by Gasteiger charge is 2.05. The second-order valence-corrected chi connectivity index (χ2v) is 6.07. The fraction of sp³-hybridized carbons (Fsp3) is 0.643. The van der Waals surface area contributed by atoms with Gasteiger partial charge in [-0.05, 0) is 13.3 Å². The van der Waals surface area contributed by atoms with E-state index in [1.807, 2.05) is 6.92 Å². The van der Waals surface area contributed by atoms with Crippen LogP contribution in [0.4, 0.5) is 0 Å². The SMILES string of the molecule is C=C(C)C(=O)OCCNC(=S)SCCC(=O)OCCCC.